The highest BCUT2D eigenvalue weighted by Crippen LogP contribution is 2.44. The first-order valence-corrected chi connectivity index (χ1v) is 13.6. The first-order chi connectivity index (χ1) is 19.7. The van der Waals surface area contributed by atoms with Crippen molar-refractivity contribution in [3.05, 3.63) is 107 Å². The molecule has 0 saturated heterocycles. The Balaban J connectivity index is 1.49. The van der Waals surface area contributed by atoms with Crippen molar-refractivity contribution in [3.63, 3.8) is 0 Å². The van der Waals surface area contributed by atoms with Gasteiger partial charge in [-0.05, 0) is 53.3 Å². The molecule has 3 aromatic carbocycles. The number of amides is 1. The molecule has 2 N–H and O–H groups in total. The summed E-state index contributed by atoms with van der Waals surface area (Å²) in [6.07, 6.45) is -2.47. The molecule has 0 radical (unpaired) electrons. The van der Waals surface area contributed by atoms with Crippen molar-refractivity contribution in [2.24, 2.45) is 0 Å². The molecule has 0 spiro atoms. The number of halogens is 3. The zero-order valence-electron chi connectivity index (χ0n) is 22.7. The number of hydrogen-bond acceptors (Lipinski definition) is 4. The number of alkyl halides is 3. The number of fused-ring (bicyclic) bond motifs is 1. The summed E-state index contributed by atoms with van der Waals surface area (Å²) in [6, 6.07) is 23.6. The van der Waals surface area contributed by atoms with Crippen LogP contribution in [0.4, 0.5) is 19.0 Å². The average Bonchev–Trinajstić information content (AvgIpc) is 3.43. The number of nitriles is 1. The van der Waals surface area contributed by atoms with Crippen LogP contribution in [0.5, 0.6) is 0 Å². The largest absolute Gasteiger partial charge is 0.410 e. The molecule has 0 fully saturated rings. The zero-order valence-corrected chi connectivity index (χ0v) is 22.7. The van der Waals surface area contributed by atoms with E-state index in [2.05, 4.69) is 21.8 Å². The van der Waals surface area contributed by atoms with Crippen LogP contribution in [0.15, 0.2) is 85.1 Å². The quantitative estimate of drug-likeness (QED) is 0.246. The van der Waals surface area contributed by atoms with Crippen LogP contribution < -0.4 is 10.6 Å². The summed E-state index contributed by atoms with van der Waals surface area (Å²) in [5, 5.41) is 19.6. The van der Waals surface area contributed by atoms with Crippen molar-refractivity contribution in [1.29, 1.82) is 5.26 Å². The van der Waals surface area contributed by atoms with E-state index in [1.807, 2.05) is 56.3 Å². The van der Waals surface area contributed by atoms with Gasteiger partial charge in [0.2, 0.25) is 0 Å². The Bertz CT molecular complexity index is 1580. The summed E-state index contributed by atoms with van der Waals surface area (Å²) in [5.74, 6) is -0.456. The first kappa shape index (κ1) is 28.0. The monoisotopic (exact) mass is 557 g/mol. The van der Waals surface area contributed by atoms with E-state index in [1.54, 1.807) is 36.4 Å². The van der Waals surface area contributed by atoms with E-state index in [0.29, 0.717) is 24.0 Å². The van der Waals surface area contributed by atoms with Gasteiger partial charge in [0.05, 0.1) is 29.4 Å². The molecule has 2 heterocycles. The van der Waals surface area contributed by atoms with Crippen LogP contribution in [0.25, 0.3) is 11.1 Å². The van der Waals surface area contributed by atoms with Gasteiger partial charge in [0, 0.05) is 6.42 Å². The molecule has 6 nitrogen and oxygen atoms in total. The normalized spacial score (nSPS) is 16.8. The van der Waals surface area contributed by atoms with E-state index in [0.717, 1.165) is 21.4 Å². The molecule has 4 aromatic rings. The summed E-state index contributed by atoms with van der Waals surface area (Å²) >= 11 is 0. The maximum atomic E-state index is 14.1. The summed E-state index contributed by atoms with van der Waals surface area (Å²) in [5.41, 5.74) is 3.15. The van der Waals surface area contributed by atoms with Gasteiger partial charge in [0.1, 0.15) is 11.4 Å². The number of anilines is 1. The van der Waals surface area contributed by atoms with Gasteiger partial charge in [0.25, 0.3) is 5.91 Å². The smallest absolute Gasteiger partial charge is 0.363 e. The Morgan fingerprint density at radius 1 is 1.02 bits per heavy atom. The lowest BCUT2D eigenvalue weighted by molar-refractivity contribution is -0.173. The van der Waals surface area contributed by atoms with E-state index in [9.17, 15) is 23.2 Å². The van der Waals surface area contributed by atoms with Gasteiger partial charge in [0.15, 0.2) is 6.04 Å². The van der Waals surface area contributed by atoms with Crippen molar-refractivity contribution < 1.29 is 18.0 Å². The molecule has 0 aliphatic carbocycles. The molecule has 0 saturated carbocycles. The van der Waals surface area contributed by atoms with Crippen LogP contribution in [0.1, 0.15) is 72.2 Å². The van der Waals surface area contributed by atoms with E-state index >= 15 is 0 Å². The molecular formula is C32H30F3N5O. The number of nitrogens with zero attached hydrogens (tertiary/aromatic N) is 3. The van der Waals surface area contributed by atoms with Gasteiger partial charge in [-0.15, -0.1) is 0 Å². The predicted octanol–water partition coefficient (Wildman–Crippen LogP) is 7.53. The fourth-order valence-electron chi connectivity index (χ4n) is 5.59. The predicted molar refractivity (Wildman–Crippen MR) is 151 cm³/mol. The van der Waals surface area contributed by atoms with Gasteiger partial charge in [-0.2, -0.15) is 23.5 Å². The second-order valence-corrected chi connectivity index (χ2v) is 10.3. The van der Waals surface area contributed by atoms with Crippen LogP contribution in [0, 0.1) is 11.3 Å². The molecule has 1 aliphatic rings. The van der Waals surface area contributed by atoms with Crippen LogP contribution >= 0.6 is 0 Å². The Kier molecular flexibility index (Phi) is 7.59. The summed E-state index contributed by atoms with van der Waals surface area (Å²) in [7, 11) is 0. The fraction of sp³-hybridized carbons (Fsp3) is 0.281. The van der Waals surface area contributed by atoms with E-state index < -0.39 is 29.7 Å². The Morgan fingerprint density at radius 3 is 2.37 bits per heavy atom. The number of rotatable bonds is 7. The molecule has 210 valence electrons. The lowest BCUT2D eigenvalue weighted by Gasteiger charge is -2.35. The van der Waals surface area contributed by atoms with Crippen molar-refractivity contribution in [2.75, 3.05) is 5.32 Å². The lowest BCUT2D eigenvalue weighted by atomic mass is 9.83. The van der Waals surface area contributed by atoms with Gasteiger partial charge in [-0.1, -0.05) is 74.5 Å². The molecule has 41 heavy (non-hydrogen) atoms. The molecule has 9 heteroatoms. The highest BCUT2D eigenvalue weighted by atomic mass is 19.4. The molecule has 2 unspecified atom stereocenters. The third-order valence-corrected chi connectivity index (χ3v) is 7.99. The van der Waals surface area contributed by atoms with Crippen LogP contribution in [-0.4, -0.2) is 21.9 Å². The van der Waals surface area contributed by atoms with Gasteiger partial charge < -0.3 is 10.6 Å². The van der Waals surface area contributed by atoms with E-state index in [-0.39, 0.29) is 17.8 Å². The SMILES string of the molecule is CCC(CC)(NC(=O)c1cnn2c1NC(c1ccccc1)CC2C(F)(F)F)c1cccc(-c2cccc(C#N)c2)c1. The van der Waals surface area contributed by atoms with Crippen molar-refractivity contribution in [1.82, 2.24) is 15.1 Å². The lowest BCUT2D eigenvalue weighted by Crippen LogP contribution is -2.45. The minimum atomic E-state index is -4.54. The Morgan fingerprint density at radius 2 is 1.71 bits per heavy atom. The van der Waals surface area contributed by atoms with Crippen LogP contribution in [0.2, 0.25) is 0 Å². The number of aromatic nitrogens is 2. The van der Waals surface area contributed by atoms with Gasteiger partial charge >= 0.3 is 6.18 Å². The number of benzene rings is 3. The van der Waals surface area contributed by atoms with Crippen LogP contribution in [-0.2, 0) is 5.54 Å². The topological polar surface area (TPSA) is 82.7 Å². The minimum absolute atomic E-state index is 0.0492. The Hall–Kier alpha value is -4.58. The third-order valence-electron chi connectivity index (χ3n) is 7.99. The second-order valence-electron chi connectivity index (χ2n) is 10.3. The second kappa shape index (κ2) is 11.1. The molecule has 2 atom stereocenters. The fourth-order valence-corrected chi connectivity index (χ4v) is 5.59. The number of hydrogen-bond donors (Lipinski definition) is 2. The maximum Gasteiger partial charge on any atom is 0.410 e. The van der Waals surface area contributed by atoms with Crippen molar-refractivity contribution in [2.45, 2.75) is 56.9 Å². The Labute approximate surface area is 236 Å². The van der Waals surface area contributed by atoms with Gasteiger partial charge in [-0.3, -0.25) is 4.79 Å². The molecule has 1 aromatic heterocycles. The van der Waals surface area contributed by atoms with Crippen molar-refractivity contribution >= 4 is 11.7 Å². The van der Waals surface area contributed by atoms with E-state index in [4.69, 9.17) is 0 Å². The molecule has 1 aliphatic heterocycles. The average molecular weight is 558 g/mol. The molecular weight excluding hydrogens is 527 g/mol. The maximum absolute atomic E-state index is 14.1. The first-order valence-electron chi connectivity index (χ1n) is 13.6. The number of nitrogens with one attached hydrogen (secondary N) is 2. The molecule has 1 amide bonds. The molecule has 0 bridgehead atoms. The van der Waals surface area contributed by atoms with Gasteiger partial charge in [-0.25, -0.2) is 4.68 Å². The third kappa shape index (κ3) is 5.42. The zero-order chi connectivity index (χ0) is 29.2. The summed E-state index contributed by atoms with van der Waals surface area (Å²) in [4.78, 5) is 13.8. The van der Waals surface area contributed by atoms with Crippen LogP contribution in [0.3, 0.4) is 0 Å². The number of carbonyl (C=O) groups is 1. The summed E-state index contributed by atoms with van der Waals surface area (Å²) in [6.45, 7) is 3.92. The highest BCUT2D eigenvalue weighted by molar-refractivity contribution is 5.99. The highest BCUT2D eigenvalue weighted by Gasteiger charge is 2.47. The number of carbonyl (C=O) groups excluding carboxylic acids is 1. The summed E-state index contributed by atoms with van der Waals surface area (Å²) < 4.78 is 43.3. The van der Waals surface area contributed by atoms with E-state index in [1.165, 1.54) is 6.20 Å². The standard InChI is InChI=1S/C32H30F3N5O/c1-3-31(4-2,25-15-9-14-24(17-25)23-13-8-10-21(16-23)19-36)39-30(41)26-20-37-40-28(32(33,34)35)18-27(38-29(26)40)22-11-6-5-7-12-22/h5-17,20,27-28,38H,3-4,18H2,1-2H3,(H,39,41). The van der Waals surface area contributed by atoms with Crippen molar-refractivity contribution in [3.8, 4) is 17.2 Å². The minimum Gasteiger partial charge on any atom is -0.363 e. The molecule has 5 rings (SSSR count).